The second-order valence-corrected chi connectivity index (χ2v) is 6.89. The summed E-state index contributed by atoms with van der Waals surface area (Å²) in [5.41, 5.74) is 6.69. The summed E-state index contributed by atoms with van der Waals surface area (Å²) in [5.74, 6) is 0. The highest BCUT2D eigenvalue weighted by Gasteiger charge is 2.13. The van der Waals surface area contributed by atoms with Gasteiger partial charge in [-0.05, 0) is 44.1 Å². The molecule has 3 aromatic rings. The second-order valence-electron chi connectivity index (χ2n) is 6.48. The molecule has 0 saturated heterocycles. The normalized spacial score (nSPS) is 10.6. The smallest absolute Gasteiger partial charge is 0.171 e. The van der Waals surface area contributed by atoms with E-state index in [-0.39, 0.29) is 0 Å². The van der Waals surface area contributed by atoms with E-state index < -0.39 is 0 Å². The molecular formula is C21H24N4S. The highest BCUT2D eigenvalue weighted by Crippen LogP contribution is 2.20. The van der Waals surface area contributed by atoms with Gasteiger partial charge in [0.2, 0.25) is 0 Å². The first-order valence-electron chi connectivity index (χ1n) is 8.71. The van der Waals surface area contributed by atoms with E-state index in [9.17, 15) is 0 Å². The fourth-order valence-electron chi connectivity index (χ4n) is 2.83. The summed E-state index contributed by atoms with van der Waals surface area (Å²) >= 11 is 5.45. The Labute approximate surface area is 160 Å². The number of nitrogens with one attached hydrogen (secondary N) is 2. The van der Waals surface area contributed by atoms with Crippen LogP contribution in [0.2, 0.25) is 0 Å². The van der Waals surface area contributed by atoms with Crippen LogP contribution in [0.15, 0.2) is 54.6 Å². The van der Waals surface area contributed by atoms with Crippen LogP contribution < -0.4 is 10.6 Å². The van der Waals surface area contributed by atoms with Crippen LogP contribution in [0.3, 0.4) is 0 Å². The zero-order chi connectivity index (χ0) is 18.5. The van der Waals surface area contributed by atoms with Crippen molar-refractivity contribution in [1.82, 2.24) is 15.1 Å². The van der Waals surface area contributed by atoms with E-state index >= 15 is 0 Å². The Morgan fingerprint density at radius 2 is 1.65 bits per heavy atom. The number of anilines is 1. The minimum Gasteiger partial charge on any atom is -0.358 e. The molecule has 0 bridgehead atoms. The number of rotatable bonds is 5. The highest BCUT2D eigenvalue weighted by atomic mass is 32.1. The van der Waals surface area contributed by atoms with Crippen LogP contribution in [-0.2, 0) is 13.1 Å². The summed E-state index contributed by atoms with van der Waals surface area (Å²) in [6.07, 6.45) is 0. The molecule has 134 valence electrons. The average molecular weight is 365 g/mol. The summed E-state index contributed by atoms with van der Waals surface area (Å²) in [6, 6.07) is 18.8. The SMILES string of the molecule is Cc1ccc(Cn2nc(C)c(NC(=S)NCc3ccccc3)c2C)cc1. The molecule has 0 atom stereocenters. The fourth-order valence-corrected chi connectivity index (χ4v) is 3.01. The Balaban J connectivity index is 1.65. The molecule has 5 heteroatoms. The molecule has 0 aliphatic heterocycles. The number of hydrogen-bond donors (Lipinski definition) is 2. The van der Waals surface area contributed by atoms with Crippen molar-refractivity contribution in [1.29, 1.82) is 0 Å². The van der Waals surface area contributed by atoms with Crippen molar-refractivity contribution in [2.75, 3.05) is 5.32 Å². The van der Waals surface area contributed by atoms with Gasteiger partial charge in [-0.25, -0.2) is 0 Å². The molecule has 2 aromatic carbocycles. The topological polar surface area (TPSA) is 41.9 Å². The van der Waals surface area contributed by atoms with Gasteiger partial charge in [0.1, 0.15) is 0 Å². The van der Waals surface area contributed by atoms with E-state index in [0.29, 0.717) is 11.7 Å². The van der Waals surface area contributed by atoms with Crippen LogP contribution in [0, 0.1) is 20.8 Å². The van der Waals surface area contributed by atoms with Crippen molar-refractivity contribution in [3.63, 3.8) is 0 Å². The van der Waals surface area contributed by atoms with Crippen LogP contribution in [0.4, 0.5) is 5.69 Å². The zero-order valence-corrected chi connectivity index (χ0v) is 16.2. The second kappa shape index (κ2) is 8.15. The third kappa shape index (κ3) is 4.49. The van der Waals surface area contributed by atoms with E-state index in [4.69, 9.17) is 12.2 Å². The lowest BCUT2D eigenvalue weighted by Gasteiger charge is -2.11. The third-order valence-electron chi connectivity index (χ3n) is 4.37. The minimum absolute atomic E-state index is 0.606. The number of benzene rings is 2. The molecule has 0 aliphatic rings. The van der Waals surface area contributed by atoms with E-state index in [2.05, 4.69) is 66.0 Å². The summed E-state index contributed by atoms with van der Waals surface area (Å²) in [6.45, 7) is 7.61. The van der Waals surface area contributed by atoms with Crippen LogP contribution in [0.25, 0.3) is 0 Å². The maximum absolute atomic E-state index is 5.45. The maximum atomic E-state index is 5.45. The first-order valence-corrected chi connectivity index (χ1v) is 9.12. The predicted octanol–water partition coefficient (Wildman–Crippen LogP) is 4.34. The average Bonchev–Trinajstić information content (AvgIpc) is 2.90. The monoisotopic (exact) mass is 364 g/mol. The van der Waals surface area contributed by atoms with Gasteiger partial charge in [-0.2, -0.15) is 5.10 Å². The number of aromatic nitrogens is 2. The number of aryl methyl sites for hydroxylation is 2. The van der Waals surface area contributed by atoms with Gasteiger partial charge in [0.15, 0.2) is 5.11 Å². The molecule has 1 heterocycles. The van der Waals surface area contributed by atoms with Gasteiger partial charge < -0.3 is 10.6 Å². The number of hydrogen-bond acceptors (Lipinski definition) is 2. The van der Waals surface area contributed by atoms with E-state index in [0.717, 1.165) is 23.6 Å². The van der Waals surface area contributed by atoms with Gasteiger partial charge in [-0.3, -0.25) is 4.68 Å². The van der Waals surface area contributed by atoms with Gasteiger partial charge in [-0.15, -0.1) is 0 Å². The third-order valence-corrected chi connectivity index (χ3v) is 4.62. The Morgan fingerprint density at radius 1 is 0.962 bits per heavy atom. The first-order chi connectivity index (χ1) is 12.5. The summed E-state index contributed by atoms with van der Waals surface area (Å²) < 4.78 is 2.02. The van der Waals surface area contributed by atoms with E-state index in [1.54, 1.807) is 0 Å². The highest BCUT2D eigenvalue weighted by molar-refractivity contribution is 7.80. The standard InChI is InChI=1S/C21H24N4S/c1-15-9-11-19(12-10-15)14-25-17(3)20(16(2)24-25)23-21(26)22-13-18-7-5-4-6-8-18/h4-12H,13-14H2,1-3H3,(H2,22,23,26). The van der Waals surface area contributed by atoms with Crippen molar-refractivity contribution in [2.24, 2.45) is 0 Å². The van der Waals surface area contributed by atoms with Crippen LogP contribution in [-0.4, -0.2) is 14.9 Å². The molecule has 0 aliphatic carbocycles. The number of thiocarbonyl (C=S) groups is 1. The maximum Gasteiger partial charge on any atom is 0.171 e. The van der Waals surface area contributed by atoms with Crippen molar-refractivity contribution >= 4 is 23.0 Å². The summed E-state index contributed by atoms with van der Waals surface area (Å²) in [7, 11) is 0. The molecule has 3 rings (SSSR count). The Bertz CT molecular complexity index is 882. The first kappa shape index (κ1) is 18.1. The minimum atomic E-state index is 0.606. The van der Waals surface area contributed by atoms with Gasteiger partial charge in [0.05, 0.1) is 23.6 Å². The lowest BCUT2D eigenvalue weighted by Crippen LogP contribution is -2.28. The molecule has 2 N–H and O–H groups in total. The Hall–Kier alpha value is -2.66. The summed E-state index contributed by atoms with van der Waals surface area (Å²) in [5, 5.41) is 11.8. The van der Waals surface area contributed by atoms with E-state index in [1.807, 2.05) is 29.8 Å². The fraction of sp³-hybridized carbons (Fsp3) is 0.238. The summed E-state index contributed by atoms with van der Waals surface area (Å²) in [4.78, 5) is 0. The zero-order valence-electron chi connectivity index (χ0n) is 15.4. The quantitative estimate of drug-likeness (QED) is 0.661. The van der Waals surface area contributed by atoms with Gasteiger partial charge >= 0.3 is 0 Å². The Kier molecular flexibility index (Phi) is 5.68. The Morgan fingerprint density at radius 3 is 2.35 bits per heavy atom. The lowest BCUT2D eigenvalue weighted by atomic mass is 10.1. The molecule has 1 aromatic heterocycles. The van der Waals surface area contributed by atoms with Crippen molar-refractivity contribution in [2.45, 2.75) is 33.9 Å². The van der Waals surface area contributed by atoms with Crippen LogP contribution >= 0.6 is 12.2 Å². The number of nitrogens with zero attached hydrogens (tertiary/aromatic N) is 2. The van der Waals surface area contributed by atoms with Crippen molar-refractivity contribution in [3.8, 4) is 0 Å². The molecule has 0 fully saturated rings. The molecular weight excluding hydrogens is 340 g/mol. The van der Waals surface area contributed by atoms with Crippen LogP contribution in [0.5, 0.6) is 0 Å². The van der Waals surface area contributed by atoms with E-state index in [1.165, 1.54) is 16.7 Å². The molecule has 0 amide bonds. The molecule has 26 heavy (non-hydrogen) atoms. The van der Waals surface area contributed by atoms with Gasteiger partial charge in [0, 0.05) is 6.54 Å². The lowest BCUT2D eigenvalue weighted by molar-refractivity contribution is 0.659. The molecule has 0 saturated carbocycles. The predicted molar refractivity (Wildman–Crippen MR) is 111 cm³/mol. The molecule has 4 nitrogen and oxygen atoms in total. The van der Waals surface area contributed by atoms with Crippen LogP contribution in [0.1, 0.15) is 28.1 Å². The largest absolute Gasteiger partial charge is 0.358 e. The van der Waals surface area contributed by atoms with Crippen molar-refractivity contribution < 1.29 is 0 Å². The molecule has 0 unspecified atom stereocenters. The van der Waals surface area contributed by atoms with Gasteiger partial charge in [-0.1, -0.05) is 60.2 Å². The molecule has 0 radical (unpaired) electrons. The molecule has 0 spiro atoms. The van der Waals surface area contributed by atoms with Gasteiger partial charge in [0.25, 0.3) is 0 Å². The van der Waals surface area contributed by atoms with Crippen molar-refractivity contribution in [3.05, 3.63) is 82.7 Å².